The Bertz CT molecular complexity index is 414. The summed E-state index contributed by atoms with van der Waals surface area (Å²) < 4.78 is 50.8. The Morgan fingerprint density at radius 2 is 1.92 bits per heavy atom. The molecule has 0 aromatic heterocycles. The number of benzene rings is 1. The molecule has 1 aromatic carbocycles. The minimum atomic E-state index is -4.28. The third-order valence-corrected chi connectivity index (χ3v) is 2.48. The van der Waals surface area contributed by atoms with Crippen LogP contribution < -0.4 is 0 Å². The molecule has 0 spiro atoms. The van der Waals surface area contributed by atoms with Crippen molar-refractivity contribution in [1.29, 1.82) is 0 Å². The van der Waals surface area contributed by atoms with E-state index in [0.29, 0.717) is 12.1 Å². The van der Waals surface area contributed by atoms with E-state index in [9.17, 15) is 17.2 Å². The highest BCUT2D eigenvalue weighted by Gasteiger charge is 2.18. The van der Waals surface area contributed by atoms with E-state index in [1.54, 1.807) is 0 Å². The summed E-state index contributed by atoms with van der Waals surface area (Å²) in [5.74, 6) is -1.94. The summed E-state index contributed by atoms with van der Waals surface area (Å²) in [5.41, 5.74) is 0. The lowest BCUT2D eigenvalue weighted by Crippen LogP contribution is -2.04. The van der Waals surface area contributed by atoms with Gasteiger partial charge in [-0.3, -0.25) is 4.18 Å². The summed E-state index contributed by atoms with van der Waals surface area (Å²) in [4.78, 5) is -0.859. The monoisotopic (exact) mass is 207 g/mol. The van der Waals surface area contributed by atoms with Crippen LogP contribution in [0.25, 0.3) is 0 Å². The molecule has 0 unspecified atom stereocenters. The third kappa shape index (κ3) is 2.02. The molecule has 1 rings (SSSR count). The molecule has 71 valence electrons. The fourth-order valence-electron chi connectivity index (χ4n) is 0.732. The summed E-state index contributed by atoms with van der Waals surface area (Å²) in [6, 6.07) is 2.02. The van der Waals surface area contributed by atoms with Gasteiger partial charge in [0.05, 0.1) is 7.11 Å². The van der Waals surface area contributed by atoms with Gasteiger partial charge in [-0.2, -0.15) is 8.42 Å². The maximum Gasteiger partial charge on any atom is 0.300 e. The van der Waals surface area contributed by atoms with Crippen molar-refractivity contribution in [3.05, 3.63) is 36.9 Å². The van der Waals surface area contributed by atoms with E-state index in [-0.39, 0.29) is 0 Å². The van der Waals surface area contributed by atoms with E-state index in [2.05, 4.69) is 11.3 Å². The third-order valence-electron chi connectivity index (χ3n) is 1.32. The molecule has 1 radical (unpaired) electrons. The minimum Gasteiger partial charge on any atom is -0.264 e. The van der Waals surface area contributed by atoms with Gasteiger partial charge in [-0.15, -0.1) is 0 Å². The van der Waals surface area contributed by atoms with E-state index in [1.807, 2.05) is 0 Å². The fraction of sp³-hybridized carbons (Fsp3) is 0. The first-order valence-corrected chi connectivity index (χ1v) is 4.52. The molecule has 0 saturated heterocycles. The molecule has 13 heavy (non-hydrogen) atoms. The predicted octanol–water partition coefficient (Wildman–Crippen LogP) is 1.46. The normalized spacial score (nSPS) is 11.6. The zero-order valence-electron chi connectivity index (χ0n) is 6.33. The van der Waals surface area contributed by atoms with Gasteiger partial charge in [0.2, 0.25) is 0 Å². The lowest BCUT2D eigenvalue weighted by atomic mass is 10.3. The molecule has 6 heteroatoms. The minimum absolute atomic E-state index is 0.524. The average Bonchev–Trinajstić information content (AvgIpc) is 2.09. The number of hydrogen-bond acceptors (Lipinski definition) is 3. The first-order valence-electron chi connectivity index (χ1n) is 3.11. The zero-order chi connectivity index (χ0) is 10.1. The molecular weight excluding hydrogens is 202 g/mol. The average molecular weight is 207 g/mol. The van der Waals surface area contributed by atoms with Crippen molar-refractivity contribution in [2.24, 2.45) is 0 Å². The van der Waals surface area contributed by atoms with Crippen molar-refractivity contribution in [1.82, 2.24) is 0 Å². The Labute approximate surface area is 74.1 Å². The van der Waals surface area contributed by atoms with Crippen LogP contribution in [0, 0.1) is 18.7 Å². The maximum atomic E-state index is 12.8. The van der Waals surface area contributed by atoms with Gasteiger partial charge in [-0.1, -0.05) is 0 Å². The number of rotatable bonds is 2. The van der Waals surface area contributed by atoms with Crippen LogP contribution in [0.1, 0.15) is 0 Å². The molecule has 0 heterocycles. The second-order valence-electron chi connectivity index (χ2n) is 2.15. The van der Waals surface area contributed by atoms with Gasteiger partial charge in [0.1, 0.15) is 16.5 Å². The molecule has 1 aromatic rings. The van der Waals surface area contributed by atoms with Gasteiger partial charge in [0, 0.05) is 0 Å². The van der Waals surface area contributed by atoms with Gasteiger partial charge in [0.15, 0.2) is 0 Å². The molecular formula is C7H5F2O3S. The first kappa shape index (κ1) is 10.1. The van der Waals surface area contributed by atoms with Gasteiger partial charge in [-0.05, 0) is 18.2 Å². The molecule has 0 N–H and O–H groups in total. The van der Waals surface area contributed by atoms with Gasteiger partial charge in [-0.25, -0.2) is 8.78 Å². The lowest BCUT2D eigenvalue weighted by Gasteiger charge is -2.01. The van der Waals surface area contributed by atoms with Crippen LogP contribution in [0.5, 0.6) is 0 Å². The summed E-state index contributed by atoms with van der Waals surface area (Å²) in [5, 5.41) is 0. The van der Waals surface area contributed by atoms with Crippen LogP contribution in [0.4, 0.5) is 8.78 Å². The summed E-state index contributed by atoms with van der Waals surface area (Å²) in [6.07, 6.45) is 0. The Balaban J connectivity index is 3.38. The van der Waals surface area contributed by atoms with Gasteiger partial charge >= 0.3 is 0 Å². The molecule has 0 bridgehead atoms. The molecule has 0 aliphatic heterocycles. The van der Waals surface area contributed by atoms with Gasteiger partial charge in [0.25, 0.3) is 10.1 Å². The highest BCUT2D eigenvalue weighted by molar-refractivity contribution is 7.86. The second kappa shape index (κ2) is 3.39. The quantitative estimate of drug-likeness (QED) is 0.689. The largest absolute Gasteiger partial charge is 0.300 e. The highest BCUT2D eigenvalue weighted by Crippen LogP contribution is 2.17. The second-order valence-corrected chi connectivity index (χ2v) is 3.73. The van der Waals surface area contributed by atoms with Crippen LogP contribution in [0.2, 0.25) is 0 Å². The Morgan fingerprint density at radius 3 is 2.46 bits per heavy atom. The summed E-state index contributed by atoms with van der Waals surface area (Å²) in [6.45, 7) is 0. The van der Waals surface area contributed by atoms with Crippen LogP contribution in [-0.4, -0.2) is 8.42 Å². The Kier molecular flexibility index (Phi) is 2.63. The molecule has 0 fully saturated rings. The van der Waals surface area contributed by atoms with E-state index < -0.39 is 26.6 Å². The Morgan fingerprint density at radius 1 is 1.31 bits per heavy atom. The molecule has 0 saturated carbocycles. The van der Waals surface area contributed by atoms with Crippen LogP contribution in [0.15, 0.2) is 23.1 Å². The molecule has 0 amide bonds. The SMILES string of the molecule is [CH2]OS(=O)(=O)c1cc(F)ccc1F. The molecule has 0 aliphatic rings. The highest BCUT2D eigenvalue weighted by atomic mass is 32.2. The van der Waals surface area contributed by atoms with E-state index >= 15 is 0 Å². The fourth-order valence-corrected chi connectivity index (χ4v) is 1.42. The number of hydrogen-bond donors (Lipinski definition) is 0. The van der Waals surface area contributed by atoms with Crippen molar-refractivity contribution in [2.75, 3.05) is 0 Å². The van der Waals surface area contributed by atoms with Crippen LogP contribution in [0.3, 0.4) is 0 Å². The topological polar surface area (TPSA) is 43.4 Å². The predicted molar refractivity (Wildman–Crippen MR) is 40.0 cm³/mol. The smallest absolute Gasteiger partial charge is 0.264 e. The maximum absolute atomic E-state index is 12.8. The van der Waals surface area contributed by atoms with Gasteiger partial charge < -0.3 is 0 Å². The zero-order valence-corrected chi connectivity index (χ0v) is 7.14. The summed E-state index contributed by atoms with van der Waals surface area (Å²) in [7, 11) is -1.65. The first-order chi connectivity index (χ1) is 5.97. The molecule has 3 nitrogen and oxygen atoms in total. The van der Waals surface area contributed by atoms with Crippen molar-refractivity contribution in [3.63, 3.8) is 0 Å². The van der Waals surface area contributed by atoms with E-state index in [1.165, 1.54) is 0 Å². The van der Waals surface area contributed by atoms with Crippen molar-refractivity contribution in [2.45, 2.75) is 4.90 Å². The van der Waals surface area contributed by atoms with E-state index in [0.717, 1.165) is 6.07 Å². The Hall–Kier alpha value is -1.01. The van der Waals surface area contributed by atoms with E-state index in [4.69, 9.17) is 0 Å². The van der Waals surface area contributed by atoms with Crippen molar-refractivity contribution >= 4 is 10.1 Å². The summed E-state index contributed by atoms with van der Waals surface area (Å²) >= 11 is 0. The van der Waals surface area contributed by atoms with Crippen LogP contribution in [-0.2, 0) is 14.3 Å². The van der Waals surface area contributed by atoms with Crippen molar-refractivity contribution < 1.29 is 21.4 Å². The van der Waals surface area contributed by atoms with Crippen molar-refractivity contribution in [3.8, 4) is 0 Å². The molecule has 0 aliphatic carbocycles. The number of halogens is 2. The van der Waals surface area contributed by atoms with Crippen LogP contribution >= 0.6 is 0 Å². The molecule has 0 atom stereocenters. The standard InChI is InChI=1S/C7H5F2O3S/c1-12-13(10,11)7-4-5(8)2-3-6(7)9/h2-4H,1H2. The lowest BCUT2D eigenvalue weighted by molar-refractivity contribution is 0.430.